The van der Waals surface area contributed by atoms with Crippen LogP contribution in [0.2, 0.25) is 0 Å². The Balaban J connectivity index is 1.39. The number of carbonyl (C=O) groups is 2. The lowest BCUT2D eigenvalue weighted by Gasteiger charge is -2.18. The van der Waals surface area contributed by atoms with Gasteiger partial charge in [-0.15, -0.1) is 0 Å². The molecule has 40 heavy (non-hydrogen) atoms. The van der Waals surface area contributed by atoms with Gasteiger partial charge in [0, 0.05) is 16.5 Å². The predicted octanol–water partition coefficient (Wildman–Crippen LogP) is 4.12. The highest BCUT2D eigenvalue weighted by Crippen LogP contribution is 2.21. The fourth-order valence-electron chi connectivity index (χ4n) is 4.10. The van der Waals surface area contributed by atoms with Gasteiger partial charge in [-0.05, 0) is 35.9 Å². The summed E-state index contributed by atoms with van der Waals surface area (Å²) in [6.45, 7) is 0.372. The van der Waals surface area contributed by atoms with Crippen LogP contribution in [0.3, 0.4) is 0 Å². The van der Waals surface area contributed by atoms with Gasteiger partial charge in [-0.1, -0.05) is 78.9 Å². The molecule has 0 saturated heterocycles. The lowest BCUT2D eigenvalue weighted by Crippen LogP contribution is -2.40. The van der Waals surface area contributed by atoms with Crippen molar-refractivity contribution in [3.63, 3.8) is 0 Å². The second-order valence-corrected chi connectivity index (χ2v) is 8.80. The highest BCUT2D eigenvalue weighted by molar-refractivity contribution is 5.99. The van der Waals surface area contributed by atoms with Gasteiger partial charge in [0.1, 0.15) is 18.1 Å². The van der Waals surface area contributed by atoms with Gasteiger partial charge in [0.25, 0.3) is 17.4 Å². The highest BCUT2D eigenvalue weighted by atomic mass is 16.5. The van der Waals surface area contributed by atoms with E-state index in [-0.39, 0.29) is 5.69 Å². The molecule has 5 aromatic rings. The number of hydrogen-bond acceptors (Lipinski definition) is 6. The van der Waals surface area contributed by atoms with Crippen LogP contribution in [0.1, 0.15) is 33.2 Å². The van der Waals surface area contributed by atoms with E-state index in [2.05, 4.69) is 26.0 Å². The Morgan fingerprint density at radius 1 is 0.850 bits per heavy atom. The van der Waals surface area contributed by atoms with Crippen molar-refractivity contribution in [1.29, 1.82) is 0 Å². The van der Waals surface area contributed by atoms with Crippen molar-refractivity contribution < 1.29 is 14.3 Å². The van der Waals surface area contributed by atoms with Gasteiger partial charge in [0.05, 0.1) is 11.6 Å². The number of ether oxygens (including phenoxy) is 1. The molecule has 1 atom stereocenters. The quantitative estimate of drug-likeness (QED) is 0.195. The van der Waals surface area contributed by atoms with E-state index in [4.69, 9.17) is 4.74 Å². The molecule has 0 unspecified atom stereocenters. The first kappa shape index (κ1) is 26.1. The van der Waals surface area contributed by atoms with Crippen molar-refractivity contribution in [2.75, 3.05) is 0 Å². The number of carbonyl (C=O) groups excluding carboxylic acids is 2. The zero-order valence-corrected chi connectivity index (χ0v) is 21.3. The molecule has 0 aliphatic rings. The van der Waals surface area contributed by atoms with Crippen molar-refractivity contribution in [1.82, 2.24) is 20.9 Å². The Labute approximate surface area is 229 Å². The van der Waals surface area contributed by atoms with E-state index in [1.54, 1.807) is 54.6 Å². The minimum atomic E-state index is -1.25. The molecule has 0 radical (unpaired) electrons. The number of hydrogen-bond donors (Lipinski definition) is 3. The smallest absolute Gasteiger partial charge is 0.272 e. The van der Waals surface area contributed by atoms with E-state index in [1.807, 2.05) is 54.6 Å². The predicted molar refractivity (Wildman–Crippen MR) is 152 cm³/mol. The van der Waals surface area contributed by atoms with Crippen molar-refractivity contribution in [2.24, 2.45) is 5.10 Å². The van der Waals surface area contributed by atoms with Crippen LogP contribution >= 0.6 is 0 Å². The lowest BCUT2D eigenvalue weighted by molar-refractivity contribution is -0.123. The van der Waals surface area contributed by atoms with Gasteiger partial charge in [-0.3, -0.25) is 14.4 Å². The number of para-hydroxylation sites is 1. The molecule has 9 nitrogen and oxygen atoms in total. The number of H-pyrrole nitrogens is 1. The number of nitrogens with zero attached hydrogens (tertiary/aromatic N) is 2. The van der Waals surface area contributed by atoms with Crippen molar-refractivity contribution in [3.05, 3.63) is 142 Å². The van der Waals surface area contributed by atoms with E-state index >= 15 is 0 Å². The average molecular weight is 532 g/mol. The molecule has 0 aliphatic carbocycles. The third-order valence-corrected chi connectivity index (χ3v) is 6.11. The normalized spacial score (nSPS) is 11.7. The van der Waals surface area contributed by atoms with Crippen LogP contribution in [-0.4, -0.2) is 28.2 Å². The average Bonchev–Trinajstić information content (AvgIpc) is 3.01. The minimum Gasteiger partial charge on any atom is -0.488 e. The molecule has 0 aliphatic heterocycles. The van der Waals surface area contributed by atoms with Crippen LogP contribution in [0.4, 0.5) is 0 Å². The Morgan fingerprint density at radius 2 is 1.50 bits per heavy atom. The standard InChI is InChI=1S/C31H25N5O4/c37-29(22-13-5-2-6-14-22)33-28(27-24-16-8-9-17-25(24)30(38)36-34-27)31(39)35-32-19-23-15-7-10-18-26(23)40-20-21-11-3-1-4-12-21/h1-19,28H,20H2,(H,33,37)(H,35,39)(H,36,38)/t28-/m0/s1. The van der Waals surface area contributed by atoms with Gasteiger partial charge >= 0.3 is 0 Å². The molecule has 1 heterocycles. The summed E-state index contributed by atoms with van der Waals surface area (Å²) in [5.74, 6) is -0.541. The van der Waals surface area contributed by atoms with E-state index in [0.29, 0.717) is 34.3 Å². The molecular weight excluding hydrogens is 506 g/mol. The third-order valence-electron chi connectivity index (χ3n) is 6.11. The summed E-state index contributed by atoms with van der Waals surface area (Å²) in [7, 11) is 0. The number of nitrogens with one attached hydrogen (secondary N) is 3. The highest BCUT2D eigenvalue weighted by Gasteiger charge is 2.27. The van der Waals surface area contributed by atoms with Gasteiger partial charge < -0.3 is 10.1 Å². The van der Waals surface area contributed by atoms with Crippen molar-refractivity contribution in [3.8, 4) is 5.75 Å². The monoisotopic (exact) mass is 531 g/mol. The molecule has 0 fully saturated rings. The number of amides is 2. The summed E-state index contributed by atoms with van der Waals surface area (Å²) in [5.41, 5.74) is 4.30. The number of rotatable bonds is 9. The maximum Gasteiger partial charge on any atom is 0.272 e. The fourth-order valence-corrected chi connectivity index (χ4v) is 4.10. The van der Waals surface area contributed by atoms with Crippen molar-refractivity contribution >= 4 is 28.8 Å². The molecule has 1 aromatic heterocycles. The second kappa shape index (κ2) is 12.3. The SMILES string of the molecule is O=C(N[C@H](C(=O)NN=Cc1ccccc1OCc1ccccc1)c1n[nH]c(=O)c2ccccc12)c1ccccc1. The summed E-state index contributed by atoms with van der Waals surface area (Å²) in [6, 6.07) is 31.0. The lowest BCUT2D eigenvalue weighted by atomic mass is 10.0. The topological polar surface area (TPSA) is 126 Å². The largest absolute Gasteiger partial charge is 0.488 e. The summed E-state index contributed by atoms with van der Waals surface area (Å²) >= 11 is 0. The first-order valence-electron chi connectivity index (χ1n) is 12.5. The Hall–Kier alpha value is -5.57. The molecule has 0 spiro atoms. The molecule has 9 heteroatoms. The first-order valence-corrected chi connectivity index (χ1v) is 12.5. The second-order valence-electron chi connectivity index (χ2n) is 8.80. The van der Waals surface area contributed by atoms with Crippen LogP contribution < -0.4 is 21.0 Å². The van der Waals surface area contributed by atoms with Gasteiger partial charge in [-0.2, -0.15) is 10.2 Å². The molecule has 3 N–H and O–H groups in total. The maximum atomic E-state index is 13.4. The van der Waals surface area contributed by atoms with Gasteiger partial charge in [-0.25, -0.2) is 10.5 Å². The third kappa shape index (κ3) is 6.11. The first-order chi connectivity index (χ1) is 19.6. The van der Waals surface area contributed by atoms with Crippen LogP contribution in [0.15, 0.2) is 119 Å². The molecule has 4 aromatic carbocycles. The van der Waals surface area contributed by atoms with E-state index < -0.39 is 23.4 Å². The zero-order chi connectivity index (χ0) is 27.7. The van der Waals surface area contributed by atoms with Crippen LogP contribution in [-0.2, 0) is 11.4 Å². The summed E-state index contributed by atoms with van der Waals surface area (Å²) < 4.78 is 5.95. The molecule has 2 amide bonds. The fraction of sp³-hybridized carbons (Fsp3) is 0.0645. The molecule has 0 saturated carbocycles. The minimum absolute atomic E-state index is 0.179. The summed E-state index contributed by atoms with van der Waals surface area (Å²) in [5, 5.41) is 14.2. The van der Waals surface area contributed by atoms with E-state index in [0.717, 1.165) is 5.56 Å². The number of aromatic amines is 1. The number of fused-ring (bicyclic) bond motifs is 1. The zero-order valence-electron chi connectivity index (χ0n) is 21.3. The van der Waals surface area contributed by atoms with E-state index in [9.17, 15) is 14.4 Å². The Bertz CT molecular complexity index is 1720. The number of aromatic nitrogens is 2. The van der Waals surface area contributed by atoms with E-state index in [1.165, 1.54) is 6.21 Å². The molecule has 5 rings (SSSR count). The molecule has 198 valence electrons. The van der Waals surface area contributed by atoms with Crippen molar-refractivity contribution in [2.45, 2.75) is 12.6 Å². The summed E-state index contributed by atoms with van der Waals surface area (Å²) in [4.78, 5) is 38.8. The number of hydrazone groups is 1. The number of benzene rings is 4. The van der Waals surface area contributed by atoms with Crippen LogP contribution in [0, 0.1) is 0 Å². The molecular formula is C31H25N5O4. The summed E-state index contributed by atoms with van der Waals surface area (Å²) in [6.07, 6.45) is 1.46. The van der Waals surface area contributed by atoms with Crippen LogP contribution in [0.5, 0.6) is 5.75 Å². The van der Waals surface area contributed by atoms with Gasteiger partial charge in [0.2, 0.25) is 0 Å². The van der Waals surface area contributed by atoms with Gasteiger partial charge in [0.15, 0.2) is 6.04 Å². The molecule has 0 bridgehead atoms. The Morgan fingerprint density at radius 3 is 2.27 bits per heavy atom. The maximum absolute atomic E-state index is 13.4. The van der Waals surface area contributed by atoms with Crippen LogP contribution in [0.25, 0.3) is 10.8 Å². The Kier molecular flexibility index (Phi) is 8.02.